The molecule has 3 nitrogen and oxygen atoms in total. The van der Waals surface area contributed by atoms with Crippen molar-refractivity contribution in [1.82, 2.24) is 4.98 Å². The summed E-state index contributed by atoms with van der Waals surface area (Å²) in [6.45, 7) is 0. The first-order valence-electron chi connectivity index (χ1n) is 3.69. The van der Waals surface area contributed by atoms with Crippen molar-refractivity contribution >= 4 is 44.5 Å². The number of ether oxygens (including phenoxy) is 1. The minimum Gasteiger partial charge on any atom is -0.465 e. The van der Waals surface area contributed by atoms with Gasteiger partial charge in [-0.15, -0.1) is 0 Å². The Kier molecular flexibility index (Phi) is 4.38. The van der Waals surface area contributed by atoms with Gasteiger partial charge in [-0.05, 0) is 38.5 Å². The van der Waals surface area contributed by atoms with Crippen LogP contribution >= 0.6 is 38.5 Å². The molecule has 82 valence electrons. The third-order valence-corrected chi connectivity index (χ3v) is 4.07. The maximum absolute atomic E-state index is 12.7. The summed E-state index contributed by atoms with van der Waals surface area (Å²) in [4.78, 5) is 15.0. The Labute approximate surface area is 106 Å². The summed E-state index contributed by atoms with van der Waals surface area (Å²) in [5.74, 6) is -0.816. The highest BCUT2D eigenvalue weighted by Crippen LogP contribution is 2.31. The van der Waals surface area contributed by atoms with E-state index in [-0.39, 0.29) is 19.3 Å². The summed E-state index contributed by atoms with van der Waals surface area (Å²) in [5, 5.41) is 0. The summed E-state index contributed by atoms with van der Waals surface area (Å²) in [6, 6.07) is 0. The van der Waals surface area contributed by atoms with Crippen molar-refractivity contribution in [3.8, 4) is 0 Å². The molecule has 0 aliphatic carbocycles. The number of alkyl halides is 2. The number of methoxy groups -OCH3 is 1. The Morgan fingerprint density at radius 2 is 2.27 bits per heavy atom. The molecule has 1 aromatic rings. The third-order valence-electron chi connectivity index (χ3n) is 1.64. The van der Waals surface area contributed by atoms with Gasteiger partial charge in [0.2, 0.25) is 0 Å². The number of aromatic nitrogens is 1. The van der Waals surface area contributed by atoms with Gasteiger partial charge in [0.05, 0.1) is 16.2 Å². The zero-order valence-electron chi connectivity index (χ0n) is 7.43. The Morgan fingerprint density at radius 1 is 1.67 bits per heavy atom. The van der Waals surface area contributed by atoms with E-state index in [1.54, 1.807) is 22.6 Å². The zero-order chi connectivity index (χ0) is 11.6. The molecule has 1 rings (SSSR count). The minimum absolute atomic E-state index is 0.208. The number of carbonyl (C=O) groups excluding carboxylic acids is 1. The van der Waals surface area contributed by atoms with E-state index < -0.39 is 12.4 Å². The summed E-state index contributed by atoms with van der Waals surface area (Å²) in [6.07, 6.45) is -1.68. The smallest absolute Gasteiger partial charge is 0.339 e. The molecule has 7 heteroatoms. The van der Waals surface area contributed by atoms with Crippen LogP contribution in [0.25, 0.3) is 0 Å². The minimum atomic E-state index is -2.75. The first-order chi connectivity index (χ1) is 6.99. The first kappa shape index (κ1) is 12.8. The molecule has 0 atom stereocenters. The molecular weight excluding hydrogens is 387 g/mol. The van der Waals surface area contributed by atoms with E-state index in [2.05, 4.69) is 25.7 Å². The maximum atomic E-state index is 12.7. The molecule has 0 saturated heterocycles. The topological polar surface area (TPSA) is 39.2 Å². The number of pyridine rings is 1. The van der Waals surface area contributed by atoms with Gasteiger partial charge >= 0.3 is 5.97 Å². The fourth-order valence-corrected chi connectivity index (χ4v) is 1.94. The highest BCUT2D eigenvalue weighted by molar-refractivity contribution is 14.1. The highest BCUT2D eigenvalue weighted by Gasteiger charge is 2.24. The second-order valence-corrected chi connectivity index (χ2v) is 4.31. The molecule has 0 aliphatic rings. The van der Waals surface area contributed by atoms with E-state index >= 15 is 0 Å². The van der Waals surface area contributed by atoms with Crippen LogP contribution in [-0.2, 0) is 4.74 Å². The van der Waals surface area contributed by atoms with Gasteiger partial charge in [-0.2, -0.15) is 0 Å². The van der Waals surface area contributed by atoms with Gasteiger partial charge in [0, 0.05) is 11.8 Å². The molecule has 1 aromatic heterocycles. The SMILES string of the molecule is COC(=O)c1cnc(Br)c(I)c1C(F)F. The average Bonchev–Trinajstić information content (AvgIpc) is 2.20. The van der Waals surface area contributed by atoms with Gasteiger partial charge in [0.15, 0.2) is 0 Å². The molecule has 0 N–H and O–H groups in total. The third kappa shape index (κ3) is 2.63. The molecule has 0 aromatic carbocycles. The quantitative estimate of drug-likeness (QED) is 0.441. The number of hydrogen-bond donors (Lipinski definition) is 0. The van der Waals surface area contributed by atoms with Crippen LogP contribution in [0.3, 0.4) is 0 Å². The lowest BCUT2D eigenvalue weighted by atomic mass is 10.1. The number of carbonyl (C=O) groups is 1. The van der Waals surface area contributed by atoms with Crippen LogP contribution < -0.4 is 0 Å². The lowest BCUT2D eigenvalue weighted by molar-refractivity contribution is 0.0588. The van der Waals surface area contributed by atoms with Crippen LogP contribution in [0.4, 0.5) is 8.78 Å². The van der Waals surface area contributed by atoms with Crippen molar-refractivity contribution in [2.24, 2.45) is 0 Å². The van der Waals surface area contributed by atoms with E-state index in [1.807, 2.05) is 0 Å². The Hall–Kier alpha value is -0.310. The number of nitrogens with zero attached hydrogens (tertiary/aromatic N) is 1. The predicted molar refractivity (Wildman–Crippen MR) is 61.0 cm³/mol. The van der Waals surface area contributed by atoms with Crippen LogP contribution in [0, 0.1) is 3.57 Å². The van der Waals surface area contributed by atoms with E-state index in [0.29, 0.717) is 0 Å². The second-order valence-electron chi connectivity index (χ2n) is 2.48. The maximum Gasteiger partial charge on any atom is 0.339 e. The fraction of sp³-hybridized carbons (Fsp3) is 0.250. The van der Waals surface area contributed by atoms with E-state index in [1.165, 1.54) is 0 Å². The predicted octanol–water partition coefficient (Wildman–Crippen LogP) is 3.17. The zero-order valence-corrected chi connectivity index (χ0v) is 11.2. The normalized spacial score (nSPS) is 10.5. The van der Waals surface area contributed by atoms with Gasteiger partial charge in [-0.1, -0.05) is 0 Å². The molecule has 0 amide bonds. The van der Waals surface area contributed by atoms with Gasteiger partial charge in [-0.25, -0.2) is 18.6 Å². The number of hydrogen-bond acceptors (Lipinski definition) is 3. The van der Waals surface area contributed by atoms with Crippen LogP contribution in [0.5, 0.6) is 0 Å². The Morgan fingerprint density at radius 3 is 2.73 bits per heavy atom. The largest absolute Gasteiger partial charge is 0.465 e. The lowest BCUT2D eigenvalue weighted by Gasteiger charge is -2.09. The van der Waals surface area contributed by atoms with Gasteiger partial charge < -0.3 is 4.74 Å². The lowest BCUT2D eigenvalue weighted by Crippen LogP contribution is -2.09. The van der Waals surface area contributed by atoms with Crippen LogP contribution in [-0.4, -0.2) is 18.1 Å². The Bertz CT molecular complexity index is 400. The molecule has 1 heterocycles. The van der Waals surface area contributed by atoms with Gasteiger partial charge in [-0.3, -0.25) is 0 Å². The van der Waals surface area contributed by atoms with Crippen LogP contribution in [0.15, 0.2) is 10.8 Å². The number of halogens is 4. The van der Waals surface area contributed by atoms with Crippen molar-refractivity contribution in [2.45, 2.75) is 6.43 Å². The molecular formula is C8H5BrF2INO2. The monoisotopic (exact) mass is 391 g/mol. The van der Waals surface area contributed by atoms with Crippen LogP contribution in [0.2, 0.25) is 0 Å². The van der Waals surface area contributed by atoms with E-state index in [9.17, 15) is 13.6 Å². The van der Waals surface area contributed by atoms with Crippen molar-refractivity contribution in [3.05, 3.63) is 25.5 Å². The molecule has 0 bridgehead atoms. The second kappa shape index (κ2) is 5.15. The molecule has 15 heavy (non-hydrogen) atoms. The Balaban J connectivity index is 3.40. The fourth-order valence-electron chi connectivity index (χ4n) is 0.963. The van der Waals surface area contributed by atoms with Gasteiger partial charge in [0.25, 0.3) is 6.43 Å². The summed E-state index contributed by atoms with van der Waals surface area (Å²) >= 11 is 4.71. The molecule has 0 saturated carbocycles. The molecule has 0 radical (unpaired) electrons. The standard InChI is InChI=1S/C8H5BrF2INO2/c1-15-8(14)3-2-13-6(9)5(12)4(3)7(10)11/h2,7H,1H3. The highest BCUT2D eigenvalue weighted by atomic mass is 127. The van der Waals surface area contributed by atoms with Crippen molar-refractivity contribution in [2.75, 3.05) is 7.11 Å². The first-order valence-corrected chi connectivity index (χ1v) is 5.56. The summed E-state index contributed by atoms with van der Waals surface area (Å²) in [7, 11) is 1.13. The van der Waals surface area contributed by atoms with Crippen molar-refractivity contribution < 1.29 is 18.3 Å². The summed E-state index contributed by atoms with van der Waals surface area (Å²) in [5.41, 5.74) is -0.565. The molecule has 0 fully saturated rings. The number of esters is 1. The van der Waals surface area contributed by atoms with Crippen LogP contribution in [0.1, 0.15) is 22.3 Å². The van der Waals surface area contributed by atoms with Crippen molar-refractivity contribution in [1.29, 1.82) is 0 Å². The van der Waals surface area contributed by atoms with Gasteiger partial charge in [0.1, 0.15) is 4.60 Å². The molecule has 0 spiro atoms. The van der Waals surface area contributed by atoms with Crippen molar-refractivity contribution in [3.63, 3.8) is 0 Å². The van der Waals surface area contributed by atoms with E-state index in [4.69, 9.17) is 0 Å². The average molecular weight is 392 g/mol. The molecule has 0 unspecified atom stereocenters. The van der Waals surface area contributed by atoms with E-state index in [0.717, 1.165) is 13.3 Å². The number of rotatable bonds is 2. The summed E-state index contributed by atoms with van der Waals surface area (Å²) < 4.78 is 30.3. The molecule has 0 aliphatic heterocycles.